The molecule has 0 aliphatic rings. The van der Waals surface area contributed by atoms with Crippen LogP contribution in [0.1, 0.15) is 22.4 Å². The molecule has 0 spiro atoms. The van der Waals surface area contributed by atoms with Crippen LogP contribution < -0.4 is 4.74 Å². The average Bonchev–Trinajstić information content (AvgIpc) is 2.57. The first-order valence-electron chi connectivity index (χ1n) is 5.98. The monoisotopic (exact) mass is 307 g/mol. The molecule has 0 N–H and O–H groups in total. The van der Waals surface area contributed by atoms with Gasteiger partial charge in [0.1, 0.15) is 5.75 Å². The Hall–Kier alpha value is -1.22. The molecule has 0 saturated heterocycles. The van der Waals surface area contributed by atoms with Crippen LogP contribution >= 0.6 is 15.9 Å². The Bertz CT molecular complexity index is 572. The van der Waals surface area contributed by atoms with Gasteiger partial charge in [0, 0.05) is 18.4 Å². The molecule has 0 aliphatic heterocycles. The average molecular weight is 308 g/mol. The van der Waals surface area contributed by atoms with E-state index in [4.69, 9.17) is 4.74 Å². The fourth-order valence-electron chi connectivity index (χ4n) is 2.10. The summed E-state index contributed by atoms with van der Waals surface area (Å²) in [5.74, 6) is 0.871. The van der Waals surface area contributed by atoms with Crippen molar-refractivity contribution in [3.63, 3.8) is 0 Å². The zero-order valence-electron chi connectivity index (χ0n) is 11.2. The molecule has 0 saturated carbocycles. The van der Waals surface area contributed by atoms with Crippen molar-refractivity contribution < 1.29 is 4.74 Å². The van der Waals surface area contributed by atoms with E-state index in [1.807, 2.05) is 6.07 Å². The lowest BCUT2D eigenvalue weighted by Gasteiger charge is -2.09. The Morgan fingerprint density at radius 3 is 2.44 bits per heavy atom. The molecule has 2 nitrogen and oxygen atoms in total. The molecule has 0 fully saturated rings. The van der Waals surface area contributed by atoms with Crippen LogP contribution in [-0.2, 0) is 6.54 Å². The lowest BCUT2D eigenvalue weighted by molar-refractivity contribution is 0.412. The van der Waals surface area contributed by atoms with Crippen molar-refractivity contribution >= 4 is 15.9 Å². The van der Waals surface area contributed by atoms with Crippen molar-refractivity contribution in [3.8, 4) is 5.75 Å². The molecule has 0 atom stereocenters. The normalized spacial score (nSPS) is 10.7. The van der Waals surface area contributed by atoms with Gasteiger partial charge in [0.2, 0.25) is 0 Å². The van der Waals surface area contributed by atoms with E-state index in [1.54, 1.807) is 7.11 Å². The molecule has 3 heteroatoms. The second-order valence-corrected chi connectivity index (χ2v) is 5.47. The van der Waals surface area contributed by atoms with Gasteiger partial charge in [-0.05, 0) is 65.5 Å². The van der Waals surface area contributed by atoms with Crippen molar-refractivity contribution in [2.24, 2.45) is 0 Å². The van der Waals surface area contributed by atoms with Gasteiger partial charge >= 0.3 is 0 Å². The maximum absolute atomic E-state index is 5.24. The minimum absolute atomic E-state index is 0.871. The Labute approximate surface area is 117 Å². The summed E-state index contributed by atoms with van der Waals surface area (Å²) in [7, 11) is 1.68. The molecule has 96 valence electrons. The number of ether oxygens (including phenoxy) is 1. The lowest BCUT2D eigenvalue weighted by Crippen LogP contribution is -2.00. The van der Waals surface area contributed by atoms with E-state index in [2.05, 4.69) is 59.6 Å². The maximum Gasteiger partial charge on any atom is 0.133 e. The topological polar surface area (TPSA) is 14.2 Å². The highest BCUT2D eigenvalue weighted by Crippen LogP contribution is 2.26. The van der Waals surface area contributed by atoms with E-state index >= 15 is 0 Å². The Morgan fingerprint density at radius 1 is 1.22 bits per heavy atom. The summed E-state index contributed by atoms with van der Waals surface area (Å²) < 4.78 is 8.53. The standard InChI is InChI=1S/C15H18BrNO/c1-10-8-17(12(3)11(10)2)9-13-5-6-15(18-4)14(16)7-13/h5-8H,9H2,1-4H3. The summed E-state index contributed by atoms with van der Waals surface area (Å²) in [5.41, 5.74) is 5.32. The van der Waals surface area contributed by atoms with E-state index in [1.165, 1.54) is 22.4 Å². The predicted molar refractivity (Wildman–Crippen MR) is 78.4 cm³/mol. The molecule has 2 aromatic rings. The number of aromatic nitrogens is 1. The molecule has 0 aliphatic carbocycles. The second-order valence-electron chi connectivity index (χ2n) is 4.62. The van der Waals surface area contributed by atoms with Crippen molar-refractivity contribution in [1.29, 1.82) is 0 Å². The number of hydrogen-bond acceptors (Lipinski definition) is 1. The summed E-state index contributed by atoms with van der Waals surface area (Å²) in [6.07, 6.45) is 2.21. The number of nitrogens with zero attached hydrogens (tertiary/aromatic N) is 1. The SMILES string of the molecule is COc1ccc(Cn2cc(C)c(C)c2C)cc1Br. The van der Waals surface area contributed by atoms with Crippen LogP contribution in [0.5, 0.6) is 5.75 Å². The molecular formula is C15H18BrNO. The third-order valence-corrected chi connectivity index (χ3v) is 4.10. The molecule has 2 rings (SSSR count). The van der Waals surface area contributed by atoms with Gasteiger partial charge < -0.3 is 9.30 Å². The van der Waals surface area contributed by atoms with Gasteiger partial charge in [0.25, 0.3) is 0 Å². The van der Waals surface area contributed by atoms with E-state index in [-0.39, 0.29) is 0 Å². The van der Waals surface area contributed by atoms with E-state index in [0.29, 0.717) is 0 Å². The van der Waals surface area contributed by atoms with E-state index in [0.717, 1.165) is 16.8 Å². The molecular weight excluding hydrogens is 290 g/mol. The van der Waals surface area contributed by atoms with Crippen LogP contribution in [-0.4, -0.2) is 11.7 Å². The first kappa shape index (κ1) is 13.2. The summed E-state index contributed by atoms with van der Waals surface area (Å²) in [5, 5.41) is 0. The van der Waals surface area contributed by atoms with Crippen LogP contribution in [0, 0.1) is 20.8 Å². The highest BCUT2D eigenvalue weighted by molar-refractivity contribution is 9.10. The van der Waals surface area contributed by atoms with Gasteiger partial charge in [-0.25, -0.2) is 0 Å². The highest BCUT2D eigenvalue weighted by atomic mass is 79.9. The quantitative estimate of drug-likeness (QED) is 0.827. The van der Waals surface area contributed by atoms with E-state index in [9.17, 15) is 0 Å². The molecule has 0 amide bonds. The van der Waals surface area contributed by atoms with Crippen LogP contribution in [0.2, 0.25) is 0 Å². The Morgan fingerprint density at radius 2 is 1.94 bits per heavy atom. The number of aryl methyl sites for hydroxylation is 1. The minimum Gasteiger partial charge on any atom is -0.496 e. The fourth-order valence-corrected chi connectivity index (χ4v) is 2.69. The molecule has 0 radical (unpaired) electrons. The Kier molecular flexibility index (Phi) is 3.81. The smallest absolute Gasteiger partial charge is 0.133 e. The van der Waals surface area contributed by atoms with Crippen molar-refractivity contribution in [2.75, 3.05) is 7.11 Å². The first-order chi connectivity index (χ1) is 8.52. The van der Waals surface area contributed by atoms with Crippen LogP contribution in [0.4, 0.5) is 0 Å². The molecule has 1 heterocycles. The summed E-state index contributed by atoms with van der Waals surface area (Å²) in [4.78, 5) is 0. The van der Waals surface area contributed by atoms with Crippen molar-refractivity contribution in [1.82, 2.24) is 4.57 Å². The largest absolute Gasteiger partial charge is 0.496 e. The lowest BCUT2D eigenvalue weighted by atomic mass is 10.2. The second kappa shape index (κ2) is 5.19. The Balaban J connectivity index is 2.28. The van der Waals surface area contributed by atoms with Crippen LogP contribution in [0.15, 0.2) is 28.9 Å². The molecule has 1 aromatic carbocycles. The number of methoxy groups -OCH3 is 1. The molecule has 1 aromatic heterocycles. The van der Waals surface area contributed by atoms with E-state index < -0.39 is 0 Å². The molecule has 0 bridgehead atoms. The number of rotatable bonds is 3. The van der Waals surface area contributed by atoms with Gasteiger partial charge in [0.05, 0.1) is 11.6 Å². The highest BCUT2D eigenvalue weighted by Gasteiger charge is 2.07. The predicted octanol–water partition coefficient (Wildman–Crippen LogP) is 4.23. The van der Waals surface area contributed by atoms with Crippen LogP contribution in [0.3, 0.4) is 0 Å². The van der Waals surface area contributed by atoms with Gasteiger partial charge in [-0.1, -0.05) is 6.07 Å². The number of hydrogen-bond donors (Lipinski definition) is 0. The third kappa shape index (κ3) is 2.46. The van der Waals surface area contributed by atoms with Crippen molar-refractivity contribution in [3.05, 3.63) is 51.3 Å². The zero-order valence-corrected chi connectivity index (χ0v) is 12.8. The van der Waals surface area contributed by atoms with Crippen molar-refractivity contribution in [2.45, 2.75) is 27.3 Å². The zero-order chi connectivity index (χ0) is 13.3. The minimum atomic E-state index is 0.871. The maximum atomic E-state index is 5.24. The fraction of sp³-hybridized carbons (Fsp3) is 0.333. The first-order valence-corrected chi connectivity index (χ1v) is 6.77. The van der Waals surface area contributed by atoms with Gasteiger partial charge in [-0.15, -0.1) is 0 Å². The van der Waals surface area contributed by atoms with Gasteiger partial charge in [-0.3, -0.25) is 0 Å². The molecule has 18 heavy (non-hydrogen) atoms. The molecule has 0 unspecified atom stereocenters. The number of benzene rings is 1. The van der Waals surface area contributed by atoms with Crippen LogP contribution in [0.25, 0.3) is 0 Å². The number of halogens is 1. The summed E-state index contributed by atoms with van der Waals surface area (Å²) in [6.45, 7) is 7.39. The summed E-state index contributed by atoms with van der Waals surface area (Å²) in [6, 6.07) is 6.22. The third-order valence-electron chi connectivity index (χ3n) is 3.48. The summed E-state index contributed by atoms with van der Waals surface area (Å²) >= 11 is 3.52. The van der Waals surface area contributed by atoms with Gasteiger partial charge in [0.15, 0.2) is 0 Å². The van der Waals surface area contributed by atoms with Gasteiger partial charge in [-0.2, -0.15) is 0 Å².